The predicted molar refractivity (Wildman–Crippen MR) is 98.7 cm³/mol. The normalized spacial score (nSPS) is 13.2. The molecule has 2 aromatic rings. The lowest BCUT2D eigenvalue weighted by Crippen LogP contribution is -2.35. The lowest BCUT2D eigenvalue weighted by atomic mass is 9.99. The van der Waals surface area contributed by atoms with E-state index in [4.69, 9.17) is 4.74 Å². The first kappa shape index (κ1) is 19.2. The van der Waals surface area contributed by atoms with Crippen molar-refractivity contribution in [3.05, 3.63) is 71.3 Å². The van der Waals surface area contributed by atoms with Crippen molar-refractivity contribution in [2.45, 2.75) is 46.1 Å². The van der Waals surface area contributed by atoms with Crippen LogP contribution >= 0.6 is 0 Å². The predicted octanol–water partition coefficient (Wildman–Crippen LogP) is 3.43. The van der Waals surface area contributed by atoms with E-state index in [-0.39, 0.29) is 11.8 Å². The maximum Gasteiger partial charge on any atom is 0.225 e. The average molecular weight is 341 g/mol. The third-order valence-corrected chi connectivity index (χ3v) is 4.20. The number of nitrogens with one attached hydrogen (secondary N) is 1. The summed E-state index contributed by atoms with van der Waals surface area (Å²) in [5.74, 6) is -0.472. The molecule has 2 unspecified atom stereocenters. The Morgan fingerprint density at radius 3 is 2.36 bits per heavy atom. The molecule has 4 nitrogen and oxygen atoms in total. The molecule has 0 aromatic heterocycles. The first-order valence-electron chi connectivity index (χ1n) is 8.75. The Morgan fingerprint density at radius 1 is 1.04 bits per heavy atom. The molecule has 2 atom stereocenters. The number of aliphatic hydroxyl groups excluding tert-OH is 1. The molecule has 0 heterocycles. The number of aliphatic hydroxyl groups is 1. The van der Waals surface area contributed by atoms with Gasteiger partial charge < -0.3 is 15.2 Å². The van der Waals surface area contributed by atoms with Crippen LogP contribution in [-0.4, -0.2) is 17.1 Å². The molecule has 0 spiro atoms. The van der Waals surface area contributed by atoms with Crippen LogP contribution in [0.15, 0.2) is 54.6 Å². The Bertz CT molecular complexity index is 655. The van der Waals surface area contributed by atoms with Crippen molar-refractivity contribution in [3.8, 4) is 0 Å². The summed E-state index contributed by atoms with van der Waals surface area (Å²) < 4.78 is 5.75. The van der Waals surface area contributed by atoms with Gasteiger partial charge in [0.05, 0.1) is 25.2 Å². The molecular formula is C21H27NO3. The Kier molecular flexibility index (Phi) is 7.64. The van der Waals surface area contributed by atoms with Crippen LogP contribution in [0, 0.1) is 5.92 Å². The number of hydrogen-bond donors (Lipinski definition) is 2. The summed E-state index contributed by atoms with van der Waals surface area (Å²) in [4.78, 5) is 12.1. The van der Waals surface area contributed by atoms with E-state index in [0.717, 1.165) is 16.7 Å². The second-order valence-corrected chi connectivity index (χ2v) is 6.27. The molecule has 0 aliphatic carbocycles. The standard InChI is InChI=1S/C21H27NO3/c1-3-20(16(2)23)21(24)22-13-18-10-7-11-19(12-18)15-25-14-17-8-5-4-6-9-17/h4-12,16,20,23H,3,13-15H2,1-2H3,(H,22,24). The van der Waals surface area contributed by atoms with Gasteiger partial charge >= 0.3 is 0 Å². The number of carbonyl (C=O) groups is 1. The highest BCUT2D eigenvalue weighted by Crippen LogP contribution is 2.11. The summed E-state index contributed by atoms with van der Waals surface area (Å²) in [5.41, 5.74) is 3.24. The lowest BCUT2D eigenvalue weighted by molar-refractivity contribution is -0.128. The largest absolute Gasteiger partial charge is 0.393 e. The van der Waals surface area contributed by atoms with E-state index in [1.165, 1.54) is 0 Å². The number of ether oxygens (including phenoxy) is 1. The van der Waals surface area contributed by atoms with Crippen molar-refractivity contribution in [1.82, 2.24) is 5.32 Å². The molecule has 134 valence electrons. The van der Waals surface area contributed by atoms with Gasteiger partial charge in [-0.2, -0.15) is 0 Å². The Labute approximate surface area is 149 Å². The third-order valence-electron chi connectivity index (χ3n) is 4.20. The first-order chi connectivity index (χ1) is 12.1. The number of amides is 1. The van der Waals surface area contributed by atoms with Crippen molar-refractivity contribution in [2.24, 2.45) is 5.92 Å². The molecule has 0 saturated heterocycles. The average Bonchev–Trinajstić information content (AvgIpc) is 2.61. The maximum atomic E-state index is 12.1. The summed E-state index contributed by atoms with van der Waals surface area (Å²) in [6.07, 6.45) is -0.0145. The minimum atomic E-state index is -0.636. The minimum absolute atomic E-state index is 0.108. The van der Waals surface area contributed by atoms with Gasteiger partial charge in [-0.05, 0) is 30.0 Å². The third kappa shape index (κ3) is 6.33. The van der Waals surface area contributed by atoms with Crippen LogP contribution in [0.3, 0.4) is 0 Å². The molecule has 2 rings (SSSR count). The number of carbonyl (C=O) groups excluding carboxylic acids is 1. The van der Waals surface area contributed by atoms with Crippen LogP contribution in [-0.2, 0) is 29.3 Å². The molecule has 0 bridgehead atoms. The van der Waals surface area contributed by atoms with Gasteiger partial charge in [-0.1, -0.05) is 61.5 Å². The molecule has 4 heteroatoms. The molecule has 1 amide bonds. The Hall–Kier alpha value is -2.17. The van der Waals surface area contributed by atoms with Gasteiger partial charge in [0.15, 0.2) is 0 Å². The zero-order valence-corrected chi connectivity index (χ0v) is 14.9. The zero-order chi connectivity index (χ0) is 18.1. The van der Waals surface area contributed by atoms with Gasteiger partial charge in [0.2, 0.25) is 5.91 Å². The van der Waals surface area contributed by atoms with Gasteiger partial charge in [-0.25, -0.2) is 0 Å². The lowest BCUT2D eigenvalue weighted by Gasteiger charge is -2.17. The fourth-order valence-electron chi connectivity index (χ4n) is 2.76. The van der Waals surface area contributed by atoms with Gasteiger partial charge in [-0.3, -0.25) is 4.79 Å². The van der Waals surface area contributed by atoms with Crippen LogP contribution in [0.25, 0.3) is 0 Å². The summed E-state index contributed by atoms with van der Waals surface area (Å²) in [6, 6.07) is 18.1. The summed E-state index contributed by atoms with van der Waals surface area (Å²) in [6.45, 7) is 5.12. The van der Waals surface area contributed by atoms with E-state index in [2.05, 4.69) is 5.32 Å². The highest BCUT2D eigenvalue weighted by molar-refractivity contribution is 5.79. The molecular weight excluding hydrogens is 314 g/mol. The first-order valence-corrected chi connectivity index (χ1v) is 8.75. The van der Waals surface area contributed by atoms with E-state index in [1.807, 2.05) is 61.5 Å². The number of hydrogen-bond acceptors (Lipinski definition) is 3. The van der Waals surface area contributed by atoms with Crippen molar-refractivity contribution in [2.75, 3.05) is 0 Å². The van der Waals surface area contributed by atoms with Crippen LogP contribution in [0.5, 0.6) is 0 Å². The smallest absolute Gasteiger partial charge is 0.225 e. The Balaban J connectivity index is 1.83. The summed E-state index contributed by atoms with van der Waals surface area (Å²) in [7, 11) is 0. The highest BCUT2D eigenvalue weighted by Gasteiger charge is 2.20. The van der Waals surface area contributed by atoms with Gasteiger partial charge in [0, 0.05) is 6.54 Å². The van der Waals surface area contributed by atoms with E-state index in [1.54, 1.807) is 6.92 Å². The monoisotopic (exact) mass is 341 g/mol. The van der Waals surface area contributed by atoms with Gasteiger partial charge in [-0.15, -0.1) is 0 Å². The number of rotatable bonds is 9. The van der Waals surface area contributed by atoms with E-state index >= 15 is 0 Å². The molecule has 0 saturated carbocycles. The van der Waals surface area contributed by atoms with Gasteiger partial charge in [0.1, 0.15) is 0 Å². The minimum Gasteiger partial charge on any atom is -0.393 e. The second-order valence-electron chi connectivity index (χ2n) is 6.27. The van der Waals surface area contributed by atoms with Crippen LogP contribution in [0.4, 0.5) is 0 Å². The topological polar surface area (TPSA) is 58.6 Å². The zero-order valence-electron chi connectivity index (χ0n) is 14.9. The maximum absolute atomic E-state index is 12.1. The van der Waals surface area contributed by atoms with Crippen LogP contribution in [0.1, 0.15) is 37.0 Å². The molecule has 25 heavy (non-hydrogen) atoms. The Morgan fingerprint density at radius 2 is 1.68 bits per heavy atom. The molecule has 0 fully saturated rings. The van der Waals surface area contributed by atoms with Crippen molar-refractivity contribution in [3.63, 3.8) is 0 Å². The van der Waals surface area contributed by atoms with Crippen molar-refractivity contribution < 1.29 is 14.6 Å². The van der Waals surface area contributed by atoms with Crippen molar-refractivity contribution in [1.29, 1.82) is 0 Å². The molecule has 0 aliphatic heterocycles. The fourth-order valence-corrected chi connectivity index (χ4v) is 2.76. The molecule has 0 radical (unpaired) electrons. The summed E-state index contributed by atoms with van der Waals surface area (Å²) in [5, 5.41) is 12.5. The fraction of sp³-hybridized carbons (Fsp3) is 0.381. The van der Waals surface area contributed by atoms with Gasteiger partial charge in [0.25, 0.3) is 0 Å². The highest BCUT2D eigenvalue weighted by atomic mass is 16.5. The molecule has 2 aromatic carbocycles. The number of benzene rings is 2. The molecule has 0 aliphatic rings. The van der Waals surface area contributed by atoms with E-state index in [0.29, 0.717) is 26.2 Å². The summed E-state index contributed by atoms with van der Waals surface area (Å²) >= 11 is 0. The van der Waals surface area contributed by atoms with E-state index < -0.39 is 6.10 Å². The van der Waals surface area contributed by atoms with Crippen molar-refractivity contribution >= 4 is 5.91 Å². The SMILES string of the molecule is CCC(C(=O)NCc1cccc(COCc2ccccc2)c1)C(C)O. The molecule has 2 N–H and O–H groups in total. The quantitative estimate of drug-likeness (QED) is 0.735. The van der Waals surface area contributed by atoms with Crippen LogP contribution in [0.2, 0.25) is 0 Å². The van der Waals surface area contributed by atoms with E-state index in [9.17, 15) is 9.90 Å². The second kappa shape index (κ2) is 9.97. The van der Waals surface area contributed by atoms with Crippen LogP contribution < -0.4 is 5.32 Å².